The first-order valence-electron chi connectivity index (χ1n) is 8.53. The number of hydrogen-bond acceptors (Lipinski definition) is 7. The van der Waals surface area contributed by atoms with E-state index >= 15 is 0 Å². The van der Waals surface area contributed by atoms with Crippen molar-refractivity contribution in [2.24, 2.45) is 0 Å². The quantitative estimate of drug-likeness (QED) is 0.322. The lowest BCUT2D eigenvalue weighted by atomic mass is 10.1. The molecule has 7 heteroatoms. The van der Waals surface area contributed by atoms with E-state index < -0.39 is 0 Å². The fourth-order valence-corrected chi connectivity index (χ4v) is 4.69. The molecule has 26 heavy (non-hydrogen) atoms. The molecule has 0 aliphatic heterocycles. The van der Waals surface area contributed by atoms with Gasteiger partial charge in [-0.05, 0) is 18.9 Å². The molecule has 0 aliphatic carbocycles. The smallest absolute Gasteiger partial charge is 0.239 e. The highest BCUT2D eigenvalue weighted by Gasteiger charge is 2.20. The minimum atomic E-state index is 0.0229. The normalized spacial score (nSPS) is 12.5. The fraction of sp³-hybridized carbons (Fsp3) is 0.263. The molecule has 0 N–H and O–H groups in total. The molecule has 0 radical (unpaired) electrons. The Labute approximate surface area is 159 Å². The van der Waals surface area contributed by atoms with Gasteiger partial charge < -0.3 is 4.52 Å². The van der Waals surface area contributed by atoms with Crippen LogP contribution in [0.1, 0.15) is 37.2 Å². The molecule has 132 valence electrons. The summed E-state index contributed by atoms with van der Waals surface area (Å²) in [5.74, 6) is 1.41. The largest absolute Gasteiger partial charge is 0.338 e. The summed E-state index contributed by atoms with van der Waals surface area (Å²) in [7, 11) is 0. The third-order valence-electron chi connectivity index (χ3n) is 4.01. The zero-order chi connectivity index (χ0) is 17.9. The Hall–Kier alpha value is -2.25. The monoisotopic (exact) mass is 382 g/mol. The molecule has 0 saturated carbocycles. The van der Waals surface area contributed by atoms with E-state index in [9.17, 15) is 0 Å². The van der Waals surface area contributed by atoms with E-state index in [1.54, 1.807) is 29.4 Å². The molecule has 3 aromatic heterocycles. The highest BCUT2D eigenvalue weighted by atomic mass is 32.2. The second-order valence-corrected chi connectivity index (χ2v) is 8.12. The van der Waals surface area contributed by atoms with Crippen LogP contribution in [0.15, 0.2) is 51.6 Å². The SMILES string of the molecule is CCCc1noc([C@H](C)Sc2ncnc3scc(-c4ccccc4)c23)n1. The summed E-state index contributed by atoms with van der Waals surface area (Å²) < 4.78 is 5.44. The standard InChI is InChI=1S/C19H18N4OS2/c1-3-7-15-22-17(24-23-15)12(2)26-19-16-14(13-8-5-4-6-9-13)10-25-18(16)20-11-21-19/h4-6,8-12H,3,7H2,1-2H3/t12-/m0/s1. The first-order valence-corrected chi connectivity index (χ1v) is 10.3. The van der Waals surface area contributed by atoms with Crippen molar-refractivity contribution >= 4 is 33.3 Å². The maximum atomic E-state index is 5.44. The van der Waals surface area contributed by atoms with Gasteiger partial charge in [-0.1, -0.05) is 54.2 Å². The molecule has 0 aliphatic rings. The lowest BCUT2D eigenvalue weighted by molar-refractivity contribution is 0.374. The topological polar surface area (TPSA) is 64.7 Å². The predicted octanol–water partition coefficient (Wildman–Crippen LogP) is 5.55. The van der Waals surface area contributed by atoms with Gasteiger partial charge in [0, 0.05) is 17.4 Å². The van der Waals surface area contributed by atoms with Crippen molar-refractivity contribution in [2.45, 2.75) is 37.0 Å². The van der Waals surface area contributed by atoms with Crippen LogP contribution in [0.5, 0.6) is 0 Å². The van der Waals surface area contributed by atoms with Gasteiger partial charge in [-0.15, -0.1) is 11.3 Å². The Morgan fingerprint density at radius 1 is 1.19 bits per heavy atom. The van der Waals surface area contributed by atoms with Crippen LogP contribution in [0.4, 0.5) is 0 Å². The molecular weight excluding hydrogens is 364 g/mol. The Morgan fingerprint density at radius 2 is 2.04 bits per heavy atom. The van der Waals surface area contributed by atoms with Gasteiger partial charge in [-0.2, -0.15) is 4.98 Å². The average molecular weight is 383 g/mol. The van der Waals surface area contributed by atoms with Gasteiger partial charge in [0.25, 0.3) is 0 Å². The molecule has 3 heterocycles. The van der Waals surface area contributed by atoms with Gasteiger partial charge in [0.15, 0.2) is 5.82 Å². The highest BCUT2D eigenvalue weighted by molar-refractivity contribution is 7.99. The number of aryl methyl sites for hydroxylation is 1. The van der Waals surface area contributed by atoms with Gasteiger partial charge in [-0.25, -0.2) is 9.97 Å². The van der Waals surface area contributed by atoms with E-state index in [0.29, 0.717) is 5.89 Å². The average Bonchev–Trinajstić information content (AvgIpc) is 3.30. The molecule has 5 nitrogen and oxygen atoms in total. The first-order chi connectivity index (χ1) is 12.8. The molecule has 0 amide bonds. The molecule has 4 rings (SSSR count). The van der Waals surface area contributed by atoms with Crippen LogP contribution in [-0.4, -0.2) is 20.1 Å². The number of thiophene rings is 1. The van der Waals surface area contributed by atoms with Gasteiger partial charge >= 0.3 is 0 Å². The van der Waals surface area contributed by atoms with Crippen LogP contribution in [0.25, 0.3) is 21.3 Å². The van der Waals surface area contributed by atoms with Crippen LogP contribution in [0, 0.1) is 0 Å². The summed E-state index contributed by atoms with van der Waals surface area (Å²) in [6, 6.07) is 10.3. The second-order valence-electron chi connectivity index (χ2n) is 5.93. The van der Waals surface area contributed by atoms with Crippen LogP contribution >= 0.6 is 23.1 Å². The summed E-state index contributed by atoms with van der Waals surface area (Å²) in [5, 5.41) is 8.26. The van der Waals surface area contributed by atoms with Gasteiger partial charge in [0.1, 0.15) is 16.2 Å². The number of nitrogens with zero attached hydrogens (tertiary/aromatic N) is 4. The number of hydrogen-bond donors (Lipinski definition) is 0. The summed E-state index contributed by atoms with van der Waals surface area (Å²) >= 11 is 3.27. The van der Waals surface area contributed by atoms with Gasteiger partial charge in [-0.3, -0.25) is 0 Å². The van der Waals surface area contributed by atoms with Crippen LogP contribution < -0.4 is 0 Å². The summed E-state index contributed by atoms with van der Waals surface area (Å²) in [6.07, 6.45) is 3.46. The molecule has 0 fully saturated rings. The van der Waals surface area contributed by atoms with Crippen LogP contribution in [0.2, 0.25) is 0 Å². The molecule has 0 unspecified atom stereocenters. The van der Waals surface area contributed by atoms with E-state index in [1.165, 1.54) is 5.56 Å². The van der Waals surface area contributed by atoms with Crippen molar-refractivity contribution in [2.75, 3.05) is 0 Å². The zero-order valence-corrected chi connectivity index (χ0v) is 16.2. The van der Waals surface area contributed by atoms with Crippen LogP contribution in [0.3, 0.4) is 0 Å². The summed E-state index contributed by atoms with van der Waals surface area (Å²) in [6.45, 7) is 4.17. The zero-order valence-electron chi connectivity index (χ0n) is 14.5. The van der Waals surface area contributed by atoms with Crippen molar-refractivity contribution in [3.63, 3.8) is 0 Å². The lowest BCUT2D eigenvalue weighted by Crippen LogP contribution is -1.93. The summed E-state index contributed by atoms with van der Waals surface area (Å²) in [5.41, 5.74) is 2.34. The third kappa shape index (κ3) is 3.37. The predicted molar refractivity (Wildman–Crippen MR) is 105 cm³/mol. The van der Waals surface area contributed by atoms with E-state index in [4.69, 9.17) is 4.52 Å². The van der Waals surface area contributed by atoms with Crippen molar-refractivity contribution in [1.82, 2.24) is 20.1 Å². The Kier molecular flexibility index (Phi) is 4.99. The Morgan fingerprint density at radius 3 is 2.85 bits per heavy atom. The number of benzene rings is 1. The van der Waals surface area contributed by atoms with E-state index in [0.717, 1.165) is 39.5 Å². The van der Waals surface area contributed by atoms with Crippen LogP contribution in [-0.2, 0) is 6.42 Å². The highest BCUT2D eigenvalue weighted by Crippen LogP contribution is 2.42. The minimum Gasteiger partial charge on any atom is -0.338 e. The lowest BCUT2D eigenvalue weighted by Gasteiger charge is -2.08. The molecule has 0 spiro atoms. The fourth-order valence-electron chi connectivity index (χ4n) is 2.74. The van der Waals surface area contributed by atoms with Crippen molar-refractivity contribution in [3.8, 4) is 11.1 Å². The molecule has 1 aromatic carbocycles. The van der Waals surface area contributed by atoms with E-state index in [-0.39, 0.29) is 5.25 Å². The van der Waals surface area contributed by atoms with Crippen molar-refractivity contribution in [3.05, 3.63) is 53.8 Å². The molecule has 4 aromatic rings. The second kappa shape index (κ2) is 7.55. The van der Waals surface area contributed by atoms with E-state index in [1.807, 2.05) is 18.2 Å². The Bertz CT molecular complexity index is 1010. The number of aromatic nitrogens is 4. The maximum Gasteiger partial charge on any atom is 0.239 e. The maximum absolute atomic E-state index is 5.44. The number of thioether (sulfide) groups is 1. The molecular formula is C19H18N4OS2. The number of rotatable bonds is 6. The van der Waals surface area contributed by atoms with Crippen molar-refractivity contribution in [1.29, 1.82) is 0 Å². The number of fused-ring (bicyclic) bond motifs is 1. The molecule has 1 atom stereocenters. The van der Waals surface area contributed by atoms with Crippen molar-refractivity contribution < 1.29 is 4.52 Å². The molecule has 0 saturated heterocycles. The van der Waals surface area contributed by atoms with Gasteiger partial charge in [0.2, 0.25) is 5.89 Å². The first kappa shape index (κ1) is 17.2. The summed E-state index contributed by atoms with van der Waals surface area (Å²) in [4.78, 5) is 14.5. The Balaban J connectivity index is 1.69. The van der Waals surface area contributed by atoms with Gasteiger partial charge in [0.05, 0.1) is 10.6 Å². The van der Waals surface area contributed by atoms with E-state index in [2.05, 4.69) is 51.5 Å². The molecule has 0 bridgehead atoms. The minimum absolute atomic E-state index is 0.0229. The third-order valence-corrected chi connectivity index (χ3v) is 5.99.